The standard InChI is InChI=1S/C22H27S2.ClHO4/c1-3-5-7-13-18(12-6-4-2)24-21-16-10-8-14-19(21)23-20-15-9-11-17-22(20)24;2-1(3,4)5/h8-11,13-17H,3-7,12H2,1-2H3;(H,2,3,4,5)/q+1;/p-1/b18-13+;. The van der Waals surface area contributed by atoms with E-state index in [1.165, 1.54) is 58.1 Å². The Hall–Kier alpha value is -0.990. The highest BCUT2D eigenvalue weighted by Gasteiger charge is 2.38. The first-order valence-corrected chi connectivity index (χ1v) is 13.0. The van der Waals surface area contributed by atoms with Gasteiger partial charge in [-0.2, -0.15) is 0 Å². The first kappa shape index (κ1) is 24.3. The van der Waals surface area contributed by atoms with E-state index in [2.05, 4.69) is 68.5 Å². The Kier molecular flexibility index (Phi) is 10.1. The third-order valence-corrected chi connectivity index (χ3v) is 8.22. The predicted octanol–water partition coefficient (Wildman–Crippen LogP) is 2.70. The Labute approximate surface area is 182 Å². The van der Waals surface area contributed by atoms with E-state index in [0.717, 1.165) is 0 Å². The molecule has 0 atom stereocenters. The first-order chi connectivity index (χ1) is 13.8. The Morgan fingerprint density at radius 1 is 0.862 bits per heavy atom. The second-order valence-corrected chi connectivity index (χ2v) is 10.5. The van der Waals surface area contributed by atoms with E-state index in [9.17, 15) is 0 Å². The molecule has 0 spiro atoms. The summed E-state index contributed by atoms with van der Waals surface area (Å²) in [5, 5.41) is 0. The van der Waals surface area contributed by atoms with E-state index < -0.39 is 10.2 Å². The lowest BCUT2D eigenvalue weighted by Crippen LogP contribution is -2.68. The fourth-order valence-electron chi connectivity index (χ4n) is 3.03. The van der Waals surface area contributed by atoms with Crippen LogP contribution >= 0.6 is 11.8 Å². The van der Waals surface area contributed by atoms with Crippen LogP contribution in [0.25, 0.3) is 0 Å². The number of halogens is 1. The Balaban J connectivity index is 0.000000537. The number of rotatable bonds is 7. The molecular formula is C22H27ClO4S2. The molecule has 1 heterocycles. The molecule has 0 fully saturated rings. The van der Waals surface area contributed by atoms with Crippen LogP contribution in [0.3, 0.4) is 0 Å². The van der Waals surface area contributed by atoms with Crippen molar-refractivity contribution in [1.29, 1.82) is 0 Å². The quantitative estimate of drug-likeness (QED) is 0.473. The molecule has 1 aliphatic heterocycles. The van der Waals surface area contributed by atoms with Crippen molar-refractivity contribution in [3.8, 4) is 0 Å². The molecule has 0 N–H and O–H groups in total. The predicted molar refractivity (Wildman–Crippen MR) is 108 cm³/mol. The van der Waals surface area contributed by atoms with Gasteiger partial charge < -0.3 is 0 Å². The lowest BCUT2D eigenvalue weighted by molar-refractivity contribution is -2.00. The van der Waals surface area contributed by atoms with Gasteiger partial charge in [0.05, 0.1) is 20.7 Å². The number of hydrogen-bond acceptors (Lipinski definition) is 5. The number of unbranched alkanes of at least 4 members (excludes halogenated alkanes) is 3. The summed E-state index contributed by atoms with van der Waals surface area (Å²) in [6.45, 7) is 4.58. The van der Waals surface area contributed by atoms with Gasteiger partial charge in [0.2, 0.25) is 0 Å². The zero-order chi connectivity index (χ0) is 21.3. The van der Waals surface area contributed by atoms with Gasteiger partial charge in [-0.25, -0.2) is 18.6 Å². The molecule has 2 aromatic rings. The zero-order valence-corrected chi connectivity index (χ0v) is 19.2. The Morgan fingerprint density at radius 2 is 1.34 bits per heavy atom. The lowest BCUT2D eigenvalue weighted by Gasteiger charge is -2.20. The molecular weight excluding hydrogens is 428 g/mol. The van der Waals surface area contributed by atoms with Gasteiger partial charge in [-0.05, 0) is 49.6 Å². The number of hydrogen-bond donors (Lipinski definition) is 0. The minimum absolute atomic E-state index is 0.103. The van der Waals surface area contributed by atoms with Gasteiger partial charge >= 0.3 is 0 Å². The van der Waals surface area contributed by atoms with E-state index in [1.54, 1.807) is 4.91 Å². The molecule has 29 heavy (non-hydrogen) atoms. The Bertz CT molecular complexity index is 754. The molecule has 2 aromatic carbocycles. The molecule has 0 saturated carbocycles. The molecule has 3 rings (SSSR count). The third-order valence-electron chi connectivity index (χ3n) is 4.33. The zero-order valence-electron chi connectivity index (χ0n) is 16.8. The maximum Gasteiger partial charge on any atom is 0.180 e. The van der Waals surface area contributed by atoms with Crippen molar-refractivity contribution >= 4 is 22.7 Å². The highest BCUT2D eigenvalue weighted by molar-refractivity contribution is 8.05. The van der Waals surface area contributed by atoms with Crippen LogP contribution in [0.5, 0.6) is 0 Å². The van der Waals surface area contributed by atoms with Crippen LogP contribution in [0.4, 0.5) is 0 Å². The monoisotopic (exact) mass is 454 g/mol. The van der Waals surface area contributed by atoms with Gasteiger partial charge in [0, 0.05) is 6.42 Å². The van der Waals surface area contributed by atoms with E-state index in [1.807, 2.05) is 11.8 Å². The van der Waals surface area contributed by atoms with Crippen molar-refractivity contribution in [2.45, 2.75) is 72.0 Å². The molecule has 158 valence electrons. The second-order valence-electron chi connectivity index (χ2n) is 6.60. The van der Waals surface area contributed by atoms with Gasteiger partial charge in [0.1, 0.15) is 4.91 Å². The molecule has 0 bridgehead atoms. The molecule has 4 nitrogen and oxygen atoms in total. The summed E-state index contributed by atoms with van der Waals surface area (Å²) in [5.41, 5.74) is 0. The molecule has 0 unspecified atom stereocenters. The summed E-state index contributed by atoms with van der Waals surface area (Å²) >= 11 is 1.94. The average Bonchev–Trinajstić information content (AvgIpc) is 2.68. The number of allylic oxidation sites excluding steroid dienone is 2. The smallest absolute Gasteiger partial charge is 0.180 e. The average molecular weight is 455 g/mol. The normalized spacial score (nSPS) is 13.9. The van der Waals surface area contributed by atoms with Crippen molar-refractivity contribution in [3.05, 3.63) is 59.5 Å². The minimum Gasteiger partial charge on any atom is -0.222 e. The van der Waals surface area contributed by atoms with E-state index in [4.69, 9.17) is 18.6 Å². The van der Waals surface area contributed by atoms with E-state index >= 15 is 0 Å². The second kappa shape index (κ2) is 12.0. The van der Waals surface area contributed by atoms with Crippen molar-refractivity contribution in [1.82, 2.24) is 0 Å². The van der Waals surface area contributed by atoms with E-state index in [0.29, 0.717) is 0 Å². The maximum absolute atomic E-state index is 8.49. The van der Waals surface area contributed by atoms with Crippen molar-refractivity contribution in [2.75, 3.05) is 0 Å². The summed E-state index contributed by atoms with van der Waals surface area (Å²) in [7, 11) is -4.84. The molecule has 0 radical (unpaired) electrons. The highest BCUT2D eigenvalue weighted by Crippen LogP contribution is 2.48. The summed E-state index contributed by atoms with van der Waals surface area (Å²) in [5.74, 6) is 0. The Morgan fingerprint density at radius 3 is 1.83 bits per heavy atom. The van der Waals surface area contributed by atoms with Crippen LogP contribution < -0.4 is 18.6 Å². The summed E-state index contributed by atoms with van der Waals surface area (Å²) < 4.78 is 34.0. The third kappa shape index (κ3) is 7.98. The molecule has 7 heteroatoms. The van der Waals surface area contributed by atoms with Gasteiger partial charge in [-0.1, -0.05) is 62.7 Å². The molecule has 0 aliphatic carbocycles. The fraction of sp³-hybridized carbons (Fsp3) is 0.364. The maximum atomic E-state index is 8.49. The largest absolute Gasteiger partial charge is 0.222 e. The fourth-order valence-corrected chi connectivity index (χ4v) is 7.05. The number of fused-ring (bicyclic) bond motifs is 2. The van der Waals surface area contributed by atoms with Crippen LogP contribution in [-0.4, -0.2) is 0 Å². The summed E-state index contributed by atoms with van der Waals surface area (Å²) in [6.07, 6.45) is 10.1. The SMILES string of the molecule is CCCC/C=C(\CCCC)[S+]1c2ccccc2Sc2ccccc21.[O-][Cl+3]([O-])([O-])[O-]. The molecule has 1 aliphatic rings. The van der Waals surface area contributed by atoms with Gasteiger partial charge in [0.15, 0.2) is 9.79 Å². The molecule has 0 amide bonds. The van der Waals surface area contributed by atoms with Gasteiger partial charge in [-0.3, -0.25) is 0 Å². The topological polar surface area (TPSA) is 92.2 Å². The van der Waals surface area contributed by atoms with Crippen LogP contribution in [0.2, 0.25) is 0 Å². The molecule has 0 aromatic heterocycles. The van der Waals surface area contributed by atoms with Crippen LogP contribution in [-0.2, 0) is 10.9 Å². The van der Waals surface area contributed by atoms with Crippen LogP contribution in [0.15, 0.2) is 79.1 Å². The highest BCUT2D eigenvalue weighted by atomic mass is 35.7. The van der Waals surface area contributed by atoms with Crippen LogP contribution in [0, 0.1) is 10.2 Å². The minimum atomic E-state index is -4.94. The first-order valence-electron chi connectivity index (χ1n) is 9.76. The van der Waals surface area contributed by atoms with Crippen molar-refractivity contribution in [3.63, 3.8) is 0 Å². The molecule has 0 saturated heterocycles. The van der Waals surface area contributed by atoms with E-state index in [-0.39, 0.29) is 10.9 Å². The number of benzene rings is 2. The lowest BCUT2D eigenvalue weighted by atomic mass is 10.2. The van der Waals surface area contributed by atoms with Gasteiger partial charge in [0.25, 0.3) is 0 Å². The summed E-state index contributed by atoms with van der Waals surface area (Å²) in [6, 6.07) is 18.0. The summed E-state index contributed by atoms with van der Waals surface area (Å²) in [4.78, 5) is 7.60. The van der Waals surface area contributed by atoms with Gasteiger partial charge in [-0.15, -0.1) is 10.2 Å². The van der Waals surface area contributed by atoms with Crippen molar-refractivity contribution < 1.29 is 28.9 Å². The van der Waals surface area contributed by atoms with Crippen LogP contribution in [0.1, 0.15) is 52.4 Å². The van der Waals surface area contributed by atoms with Crippen molar-refractivity contribution in [2.24, 2.45) is 0 Å².